The zero-order chi connectivity index (χ0) is 18.4. The smallest absolute Gasteiger partial charge is 0.319 e. The van der Waals surface area contributed by atoms with Gasteiger partial charge in [-0.1, -0.05) is 24.2 Å². The molecule has 0 aliphatic heterocycles. The van der Waals surface area contributed by atoms with Gasteiger partial charge in [0.2, 0.25) is 0 Å². The van der Waals surface area contributed by atoms with Crippen molar-refractivity contribution in [1.82, 2.24) is 30.6 Å². The molecule has 0 unspecified atom stereocenters. The molecule has 10 nitrogen and oxygen atoms in total. The van der Waals surface area contributed by atoms with E-state index in [4.69, 9.17) is 9.63 Å². The van der Waals surface area contributed by atoms with Crippen molar-refractivity contribution in [2.75, 3.05) is 11.9 Å². The molecule has 26 heavy (non-hydrogen) atoms. The number of hydrogen-bond acceptors (Lipinski definition) is 7. The highest BCUT2D eigenvalue weighted by Crippen LogP contribution is 2.19. The third-order valence-electron chi connectivity index (χ3n) is 3.52. The van der Waals surface area contributed by atoms with Crippen LogP contribution in [0.25, 0.3) is 11.4 Å². The quantitative estimate of drug-likeness (QED) is 0.499. The van der Waals surface area contributed by atoms with Gasteiger partial charge in [-0.05, 0) is 12.1 Å². The van der Waals surface area contributed by atoms with E-state index in [-0.39, 0.29) is 18.5 Å². The Bertz CT molecular complexity index is 874. The molecule has 0 fully saturated rings. The number of aliphatic hydroxyl groups excluding tert-OH is 1. The zero-order valence-corrected chi connectivity index (χ0v) is 14.2. The van der Waals surface area contributed by atoms with Crippen molar-refractivity contribution >= 4 is 11.7 Å². The summed E-state index contributed by atoms with van der Waals surface area (Å²) < 4.78 is 4.78. The van der Waals surface area contributed by atoms with E-state index >= 15 is 0 Å². The topological polar surface area (TPSA) is 142 Å². The first kappa shape index (κ1) is 17.5. The first-order valence-electron chi connectivity index (χ1n) is 8.16. The lowest BCUT2D eigenvalue weighted by Gasteiger charge is -2.07. The van der Waals surface area contributed by atoms with Crippen LogP contribution in [0.2, 0.25) is 0 Å². The van der Waals surface area contributed by atoms with Gasteiger partial charge in [-0.25, -0.2) is 9.78 Å². The molecule has 1 aromatic carbocycles. The van der Waals surface area contributed by atoms with Crippen LogP contribution in [-0.2, 0) is 19.4 Å². The minimum absolute atomic E-state index is 0.152. The van der Waals surface area contributed by atoms with E-state index in [0.29, 0.717) is 30.3 Å². The Morgan fingerprint density at radius 1 is 1.35 bits per heavy atom. The van der Waals surface area contributed by atoms with E-state index in [0.717, 1.165) is 17.8 Å². The molecule has 0 saturated heterocycles. The average Bonchev–Trinajstić information content (AvgIpc) is 3.31. The summed E-state index contributed by atoms with van der Waals surface area (Å²) in [4.78, 5) is 20.3. The van der Waals surface area contributed by atoms with E-state index in [9.17, 15) is 4.79 Å². The van der Waals surface area contributed by atoms with Crippen LogP contribution in [0.4, 0.5) is 10.5 Å². The lowest BCUT2D eigenvalue weighted by Crippen LogP contribution is -2.30. The molecule has 0 bridgehead atoms. The van der Waals surface area contributed by atoms with Crippen molar-refractivity contribution in [2.24, 2.45) is 0 Å². The number of aromatic nitrogens is 5. The number of rotatable bonds is 7. The molecular weight excluding hydrogens is 338 g/mol. The second-order valence-electron chi connectivity index (χ2n) is 5.43. The summed E-state index contributed by atoms with van der Waals surface area (Å²) in [5, 5.41) is 25.0. The normalized spacial score (nSPS) is 10.7. The monoisotopic (exact) mass is 357 g/mol. The van der Waals surface area contributed by atoms with Gasteiger partial charge < -0.3 is 20.3 Å². The average molecular weight is 357 g/mol. The van der Waals surface area contributed by atoms with Crippen LogP contribution >= 0.6 is 0 Å². The molecule has 0 saturated carbocycles. The van der Waals surface area contributed by atoms with Gasteiger partial charge in [-0.15, -0.1) is 0 Å². The Balaban J connectivity index is 1.53. The number of amides is 2. The van der Waals surface area contributed by atoms with Crippen molar-refractivity contribution in [3.8, 4) is 11.4 Å². The maximum Gasteiger partial charge on any atom is 0.319 e. The van der Waals surface area contributed by atoms with E-state index in [1.165, 1.54) is 0 Å². The minimum atomic E-state index is -0.350. The van der Waals surface area contributed by atoms with Gasteiger partial charge in [0, 0.05) is 30.6 Å². The van der Waals surface area contributed by atoms with Crippen molar-refractivity contribution in [1.29, 1.82) is 0 Å². The van der Waals surface area contributed by atoms with Gasteiger partial charge in [0.05, 0.1) is 0 Å². The van der Waals surface area contributed by atoms with Crippen molar-refractivity contribution in [2.45, 2.75) is 26.4 Å². The molecule has 2 heterocycles. The summed E-state index contributed by atoms with van der Waals surface area (Å²) in [5.74, 6) is 1.97. The standard InChI is InChI=1S/C16H19N7O3/c1-2-12-20-15(22-21-12)10-4-3-5-11(8-10)18-16(25)17-7-6-13-19-14(9-24)26-23-13/h3-5,8,24H,2,6-7,9H2,1H3,(H2,17,18,25)(H,20,21,22). The van der Waals surface area contributed by atoms with Crippen LogP contribution in [0.15, 0.2) is 28.8 Å². The number of aryl methyl sites for hydroxylation is 1. The number of hydrogen-bond donors (Lipinski definition) is 4. The summed E-state index contributed by atoms with van der Waals surface area (Å²) in [5.41, 5.74) is 1.44. The van der Waals surface area contributed by atoms with Gasteiger partial charge in [0.15, 0.2) is 11.6 Å². The van der Waals surface area contributed by atoms with Crippen LogP contribution in [0.1, 0.15) is 24.5 Å². The Morgan fingerprint density at radius 3 is 2.96 bits per heavy atom. The lowest BCUT2D eigenvalue weighted by molar-refractivity contribution is 0.222. The maximum atomic E-state index is 12.0. The maximum absolute atomic E-state index is 12.0. The highest BCUT2D eigenvalue weighted by Gasteiger charge is 2.08. The van der Waals surface area contributed by atoms with E-state index in [1.807, 2.05) is 19.1 Å². The largest absolute Gasteiger partial charge is 0.387 e. The SMILES string of the molecule is CCc1nc(-c2cccc(NC(=O)NCCc3noc(CO)n3)c2)n[nH]1. The first-order valence-corrected chi connectivity index (χ1v) is 8.16. The molecular formula is C16H19N7O3. The third kappa shape index (κ3) is 4.42. The van der Waals surface area contributed by atoms with Gasteiger partial charge in [-0.2, -0.15) is 10.1 Å². The van der Waals surface area contributed by atoms with E-state index < -0.39 is 0 Å². The number of nitrogens with one attached hydrogen (secondary N) is 3. The molecule has 0 aliphatic rings. The second kappa shape index (κ2) is 8.21. The van der Waals surface area contributed by atoms with E-state index in [1.54, 1.807) is 12.1 Å². The van der Waals surface area contributed by atoms with Crippen LogP contribution in [0.3, 0.4) is 0 Å². The molecule has 4 N–H and O–H groups in total. The number of carbonyl (C=O) groups excluding carboxylic acids is 1. The predicted octanol–water partition coefficient (Wildman–Crippen LogP) is 1.27. The summed E-state index contributed by atoms with van der Waals surface area (Å²) >= 11 is 0. The van der Waals surface area contributed by atoms with Gasteiger partial charge in [0.25, 0.3) is 5.89 Å². The first-order chi connectivity index (χ1) is 12.7. The number of benzene rings is 1. The fourth-order valence-corrected chi connectivity index (χ4v) is 2.24. The zero-order valence-electron chi connectivity index (χ0n) is 14.2. The number of H-pyrrole nitrogens is 1. The van der Waals surface area contributed by atoms with Crippen molar-refractivity contribution in [3.05, 3.63) is 41.8 Å². The molecule has 2 aromatic heterocycles. The Morgan fingerprint density at radius 2 is 2.23 bits per heavy atom. The predicted molar refractivity (Wildman–Crippen MR) is 92.1 cm³/mol. The molecule has 3 rings (SSSR count). The van der Waals surface area contributed by atoms with Crippen LogP contribution in [0, 0.1) is 0 Å². The summed E-state index contributed by atoms with van der Waals surface area (Å²) in [6, 6.07) is 6.93. The molecule has 0 spiro atoms. The molecule has 136 valence electrons. The van der Waals surface area contributed by atoms with Gasteiger partial charge in [-0.3, -0.25) is 5.10 Å². The van der Waals surface area contributed by atoms with Crippen LogP contribution < -0.4 is 10.6 Å². The van der Waals surface area contributed by atoms with Crippen LogP contribution in [-0.4, -0.2) is 43.0 Å². The Labute approximate surface area is 149 Å². The Kier molecular flexibility index (Phi) is 5.54. The number of aliphatic hydroxyl groups is 1. The number of urea groups is 1. The molecule has 0 aliphatic carbocycles. The van der Waals surface area contributed by atoms with Crippen molar-refractivity contribution in [3.63, 3.8) is 0 Å². The van der Waals surface area contributed by atoms with Crippen molar-refractivity contribution < 1.29 is 14.4 Å². The third-order valence-corrected chi connectivity index (χ3v) is 3.52. The highest BCUT2D eigenvalue weighted by atomic mass is 16.5. The van der Waals surface area contributed by atoms with Crippen LogP contribution in [0.5, 0.6) is 0 Å². The lowest BCUT2D eigenvalue weighted by atomic mass is 10.2. The fourth-order valence-electron chi connectivity index (χ4n) is 2.24. The molecule has 3 aromatic rings. The fraction of sp³-hybridized carbons (Fsp3) is 0.312. The second-order valence-corrected chi connectivity index (χ2v) is 5.43. The number of anilines is 1. The number of aromatic amines is 1. The summed E-state index contributed by atoms with van der Waals surface area (Å²) in [6.07, 6.45) is 1.17. The minimum Gasteiger partial charge on any atom is -0.387 e. The molecule has 10 heteroatoms. The highest BCUT2D eigenvalue weighted by molar-refractivity contribution is 5.89. The molecule has 0 atom stereocenters. The Hall–Kier alpha value is -3.27. The number of nitrogens with zero attached hydrogens (tertiary/aromatic N) is 4. The van der Waals surface area contributed by atoms with Gasteiger partial charge in [0.1, 0.15) is 12.4 Å². The van der Waals surface area contributed by atoms with Gasteiger partial charge >= 0.3 is 6.03 Å². The molecule has 0 radical (unpaired) electrons. The van der Waals surface area contributed by atoms with E-state index in [2.05, 4.69) is 36.0 Å². The number of carbonyl (C=O) groups is 1. The summed E-state index contributed by atoms with van der Waals surface area (Å²) in [7, 11) is 0. The summed E-state index contributed by atoms with van der Waals surface area (Å²) in [6.45, 7) is 2.02. The molecule has 2 amide bonds.